The van der Waals surface area contributed by atoms with Crippen LogP contribution in [-0.4, -0.2) is 22.7 Å². The van der Waals surface area contributed by atoms with Gasteiger partial charge in [0.2, 0.25) is 5.91 Å². The first kappa shape index (κ1) is 17.7. The van der Waals surface area contributed by atoms with Crippen LogP contribution in [-0.2, 0) is 9.59 Å². The molecule has 0 radical (unpaired) electrons. The molecule has 5 heteroatoms. The predicted molar refractivity (Wildman–Crippen MR) is 83.2 cm³/mol. The minimum Gasteiger partial charge on any atom is -0.481 e. The maximum Gasteiger partial charge on any atom is 0.303 e. The average Bonchev–Trinajstić information content (AvgIpc) is 2.41. The van der Waals surface area contributed by atoms with Crippen LogP contribution in [0.4, 0.5) is 0 Å². The summed E-state index contributed by atoms with van der Waals surface area (Å²) in [7, 11) is 0. The fourth-order valence-corrected chi connectivity index (χ4v) is 2.54. The van der Waals surface area contributed by atoms with Crippen molar-refractivity contribution < 1.29 is 14.7 Å². The number of hydrogen-bond donors (Lipinski definition) is 2. The number of amides is 1. The summed E-state index contributed by atoms with van der Waals surface area (Å²) < 4.78 is 0. The van der Waals surface area contributed by atoms with Crippen LogP contribution in [0.2, 0.25) is 0 Å². The standard InChI is InChI=1S/C16H28N2O3/c19-15(12-8-4-5-9-13-16(20)21)18-17-14-10-6-2-1-3-7-11-14/h1-13H2,(H,18,19)(H,20,21). The minimum absolute atomic E-state index is 0.0252. The molecule has 21 heavy (non-hydrogen) atoms. The summed E-state index contributed by atoms with van der Waals surface area (Å²) in [6, 6.07) is 0. The van der Waals surface area contributed by atoms with E-state index in [2.05, 4.69) is 10.5 Å². The largest absolute Gasteiger partial charge is 0.481 e. The Labute approximate surface area is 127 Å². The highest BCUT2D eigenvalue weighted by Crippen LogP contribution is 2.14. The quantitative estimate of drug-likeness (QED) is 0.530. The zero-order chi connectivity index (χ0) is 15.3. The van der Waals surface area contributed by atoms with E-state index in [4.69, 9.17) is 5.11 Å². The fourth-order valence-electron chi connectivity index (χ4n) is 2.54. The third kappa shape index (κ3) is 10.0. The van der Waals surface area contributed by atoms with Crippen LogP contribution in [0.15, 0.2) is 5.10 Å². The lowest BCUT2D eigenvalue weighted by atomic mass is 9.99. The second-order valence-corrected chi connectivity index (χ2v) is 5.79. The first-order valence-corrected chi connectivity index (χ1v) is 8.24. The summed E-state index contributed by atoms with van der Waals surface area (Å²) in [6.45, 7) is 0. The Hall–Kier alpha value is -1.39. The van der Waals surface area contributed by atoms with Crippen LogP contribution in [0.3, 0.4) is 0 Å². The molecule has 0 spiro atoms. The molecule has 0 aromatic carbocycles. The SMILES string of the molecule is O=C(O)CCCCCCC(=O)NN=C1CCCCCCC1. The summed E-state index contributed by atoms with van der Waals surface area (Å²) in [4.78, 5) is 22.0. The van der Waals surface area contributed by atoms with E-state index in [0.29, 0.717) is 12.8 Å². The Morgan fingerprint density at radius 3 is 2.10 bits per heavy atom. The van der Waals surface area contributed by atoms with E-state index in [-0.39, 0.29) is 12.3 Å². The molecule has 5 nitrogen and oxygen atoms in total. The molecule has 1 aliphatic rings. The molecular formula is C16H28N2O3. The Morgan fingerprint density at radius 1 is 0.905 bits per heavy atom. The number of hydrazone groups is 1. The van der Waals surface area contributed by atoms with Crippen molar-refractivity contribution in [3.8, 4) is 0 Å². The maximum absolute atomic E-state index is 11.7. The molecule has 1 amide bonds. The van der Waals surface area contributed by atoms with Gasteiger partial charge in [-0.2, -0.15) is 5.10 Å². The Kier molecular flexibility index (Phi) is 9.49. The van der Waals surface area contributed by atoms with Crippen LogP contribution in [0.1, 0.15) is 83.5 Å². The van der Waals surface area contributed by atoms with E-state index in [0.717, 1.165) is 37.8 Å². The van der Waals surface area contributed by atoms with Crippen LogP contribution in [0.25, 0.3) is 0 Å². The van der Waals surface area contributed by atoms with Crippen molar-refractivity contribution in [2.75, 3.05) is 0 Å². The van der Waals surface area contributed by atoms with Gasteiger partial charge in [0.25, 0.3) is 0 Å². The van der Waals surface area contributed by atoms with E-state index < -0.39 is 5.97 Å². The Balaban J connectivity index is 2.08. The van der Waals surface area contributed by atoms with E-state index in [9.17, 15) is 9.59 Å². The summed E-state index contributed by atoms with van der Waals surface area (Å²) >= 11 is 0. The third-order valence-corrected chi connectivity index (χ3v) is 3.81. The number of carbonyl (C=O) groups excluding carboxylic acids is 1. The van der Waals surface area contributed by atoms with Crippen LogP contribution in [0, 0.1) is 0 Å². The van der Waals surface area contributed by atoms with Gasteiger partial charge in [0.05, 0.1) is 0 Å². The minimum atomic E-state index is -0.747. The Bertz CT molecular complexity index is 343. The Morgan fingerprint density at radius 2 is 1.48 bits per heavy atom. The molecule has 2 N–H and O–H groups in total. The molecule has 0 unspecified atom stereocenters. The maximum atomic E-state index is 11.7. The number of hydrogen-bond acceptors (Lipinski definition) is 3. The second-order valence-electron chi connectivity index (χ2n) is 5.79. The number of aliphatic carboxylic acids is 1. The van der Waals surface area contributed by atoms with Gasteiger partial charge in [-0.25, -0.2) is 5.43 Å². The summed E-state index contributed by atoms with van der Waals surface area (Å²) in [5, 5.41) is 12.8. The van der Waals surface area contributed by atoms with Crippen molar-refractivity contribution in [1.29, 1.82) is 0 Å². The highest BCUT2D eigenvalue weighted by atomic mass is 16.4. The number of nitrogens with one attached hydrogen (secondary N) is 1. The highest BCUT2D eigenvalue weighted by Gasteiger charge is 2.06. The summed E-state index contributed by atoms with van der Waals surface area (Å²) in [5.74, 6) is -0.773. The normalized spacial score (nSPS) is 15.9. The highest BCUT2D eigenvalue weighted by molar-refractivity contribution is 5.86. The lowest BCUT2D eigenvalue weighted by Crippen LogP contribution is -2.19. The van der Waals surface area contributed by atoms with Crippen molar-refractivity contribution in [3.63, 3.8) is 0 Å². The van der Waals surface area contributed by atoms with Gasteiger partial charge in [-0.1, -0.05) is 32.1 Å². The predicted octanol–water partition coefficient (Wildman–Crippen LogP) is 3.63. The van der Waals surface area contributed by atoms with Gasteiger partial charge in [-0.15, -0.1) is 0 Å². The molecule has 1 aliphatic carbocycles. The number of unbranched alkanes of at least 4 members (excludes halogenated alkanes) is 3. The van der Waals surface area contributed by atoms with Crippen molar-refractivity contribution in [2.24, 2.45) is 5.10 Å². The fraction of sp³-hybridized carbons (Fsp3) is 0.812. The van der Waals surface area contributed by atoms with Gasteiger partial charge in [-0.3, -0.25) is 9.59 Å². The monoisotopic (exact) mass is 296 g/mol. The number of carboxylic acid groups (broad SMARTS) is 1. The van der Waals surface area contributed by atoms with Crippen LogP contribution in [0.5, 0.6) is 0 Å². The molecule has 1 saturated carbocycles. The van der Waals surface area contributed by atoms with Crippen LogP contribution < -0.4 is 5.43 Å². The first-order chi connectivity index (χ1) is 10.2. The first-order valence-electron chi connectivity index (χ1n) is 8.24. The zero-order valence-corrected chi connectivity index (χ0v) is 12.9. The molecule has 0 saturated heterocycles. The molecule has 0 atom stereocenters. The molecule has 0 aromatic rings. The topological polar surface area (TPSA) is 78.8 Å². The van der Waals surface area contributed by atoms with E-state index in [1.807, 2.05) is 0 Å². The van der Waals surface area contributed by atoms with Crippen molar-refractivity contribution >= 4 is 17.6 Å². The molecule has 120 valence electrons. The number of carboxylic acids is 1. The number of carbonyl (C=O) groups is 2. The van der Waals surface area contributed by atoms with Gasteiger partial charge < -0.3 is 5.11 Å². The molecule has 0 bridgehead atoms. The smallest absolute Gasteiger partial charge is 0.303 e. The molecule has 0 aliphatic heterocycles. The van der Waals surface area contributed by atoms with E-state index >= 15 is 0 Å². The molecule has 1 fully saturated rings. The van der Waals surface area contributed by atoms with Crippen molar-refractivity contribution in [3.05, 3.63) is 0 Å². The van der Waals surface area contributed by atoms with Crippen molar-refractivity contribution in [1.82, 2.24) is 5.43 Å². The molecule has 0 aromatic heterocycles. The van der Waals surface area contributed by atoms with E-state index in [1.165, 1.54) is 32.1 Å². The molecular weight excluding hydrogens is 268 g/mol. The summed E-state index contributed by atoms with van der Waals surface area (Å²) in [5.41, 5.74) is 3.79. The average molecular weight is 296 g/mol. The second kappa shape index (κ2) is 11.3. The van der Waals surface area contributed by atoms with E-state index in [1.54, 1.807) is 0 Å². The van der Waals surface area contributed by atoms with Crippen molar-refractivity contribution in [2.45, 2.75) is 83.5 Å². The van der Waals surface area contributed by atoms with Gasteiger partial charge in [-0.05, 0) is 38.5 Å². The van der Waals surface area contributed by atoms with Gasteiger partial charge >= 0.3 is 5.97 Å². The van der Waals surface area contributed by atoms with Gasteiger partial charge in [0, 0.05) is 18.6 Å². The number of nitrogens with zero attached hydrogens (tertiary/aromatic N) is 1. The van der Waals surface area contributed by atoms with Gasteiger partial charge in [0.15, 0.2) is 0 Å². The molecule has 1 rings (SSSR count). The van der Waals surface area contributed by atoms with Crippen LogP contribution >= 0.6 is 0 Å². The molecule has 0 heterocycles. The lowest BCUT2D eigenvalue weighted by molar-refractivity contribution is -0.137. The third-order valence-electron chi connectivity index (χ3n) is 3.81. The summed E-state index contributed by atoms with van der Waals surface area (Å²) in [6.07, 6.45) is 12.2. The zero-order valence-electron chi connectivity index (χ0n) is 12.9. The number of rotatable bonds is 8. The lowest BCUT2D eigenvalue weighted by Gasteiger charge is -2.10. The van der Waals surface area contributed by atoms with Gasteiger partial charge in [0.1, 0.15) is 0 Å².